The van der Waals surface area contributed by atoms with Gasteiger partial charge in [0.2, 0.25) is 47.3 Å². The van der Waals surface area contributed by atoms with E-state index in [9.17, 15) is 48.3 Å². The Morgan fingerprint density at radius 3 is 1.95 bits per heavy atom. The SMILES string of the molecule is CC[C@H](C)[C@H](NC(=O)[C@@H](N)CC(C)C)C(=O)N[C@H](C(=O)N[C@@H](CC(N)=O)C(=O)N[C@@H](CS)C(=O)N1CCC[C@H]1C(=O)N[C@@H](CCCN=C(N)N)C(=O)NCC(=O)O)[C@@H](C)O. The van der Waals surface area contributed by atoms with Crippen LogP contribution in [0.15, 0.2) is 4.99 Å². The number of carbonyl (C=O) groups is 9. The van der Waals surface area contributed by atoms with Gasteiger partial charge < -0.3 is 69.9 Å². The minimum atomic E-state index is -1.72. The van der Waals surface area contributed by atoms with Crippen LogP contribution in [0.1, 0.15) is 79.6 Å². The zero-order valence-corrected chi connectivity index (χ0v) is 35.7. The van der Waals surface area contributed by atoms with E-state index in [2.05, 4.69) is 49.5 Å². The summed E-state index contributed by atoms with van der Waals surface area (Å²) in [6, 6.07) is -9.23. The van der Waals surface area contributed by atoms with Crippen molar-refractivity contribution >= 4 is 71.8 Å². The van der Waals surface area contributed by atoms with Crippen LogP contribution in [0.4, 0.5) is 0 Å². The fourth-order valence-corrected chi connectivity index (χ4v) is 6.43. The number of carboxylic acids is 1. The van der Waals surface area contributed by atoms with Gasteiger partial charge in [-0.25, -0.2) is 0 Å². The third-order valence-corrected chi connectivity index (χ3v) is 9.95. The molecular weight excluding hydrogens is 809 g/mol. The molecule has 0 spiro atoms. The Bertz CT molecular complexity index is 1560. The summed E-state index contributed by atoms with van der Waals surface area (Å²) >= 11 is 4.20. The predicted molar refractivity (Wildman–Crippen MR) is 221 cm³/mol. The number of amides is 8. The highest BCUT2D eigenvalue weighted by Gasteiger charge is 2.40. The number of nitrogens with two attached hydrogens (primary N) is 4. The van der Waals surface area contributed by atoms with Crippen molar-refractivity contribution in [1.82, 2.24) is 36.8 Å². The molecule has 340 valence electrons. The first-order valence-corrected chi connectivity index (χ1v) is 20.4. The van der Waals surface area contributed by atoms with Crippen LogP contribution in [0.5, 0.6) is 0 Å². The molecule has 8 amide bonds. The first kappa shape index (κ1) is 52.8. The second kappa shape index (κ2) is 26.1. The Kier molecular flexibility index (Phi) is 22.9. The molecular formula is C36H64N12O11S. The van der Waals surface area contributed by atoms with Crippen LogP contribution in [-0.4, -0.2) is 148 Å². The van der Waals surface area contributed by atoms with Gasteiger partial charge >= 0.3 is 5.97 Å². The largest absolute Gasteiger partial charge is 0.480 e. The summed E-state index contributed by atoms with van der Waals surface area (Å²) in [6.07, 6.45) is -0.772. The summed E-state index contributed by atoms with van der Waals surface area (Å²) in [5.74, 6) is -9.07. The molecule has 0 aliphatic carbocycles. The molecule has 0 aromatic rings. The Hall–Kier alpha value is -5.23. The number of carboxylic acid groups (broad SMARTS) is 1. The Labute approximate surface area is 354 Å². The van der Waals surface area contributed by atoms with Gasteiger partial charge in [0, 0.05) is 18.8 Å². The lowest BCUT2D eigenvalue weighted by Crippen LogP contribution is -2.62. The fraction of sp³-hybridized carbons (Fsp3) is 0.722. The highest BCUT2D eigenvalue weighted by Crippen LogP contribution is 2.20. The van der Waals surface area contributed by atoms with Gasteiger partial charge in [0.1, 0.15) is 42.8 Å². The van der Waals surface area contributed by atoms with E-state index in [4.69, 9.17) is 28.0 Å². The molecule has 0 aromatic heterocycles. The Morgan fingerprint density at radius 1 is 0.817 bits per heavy atom. The number of rotatable bonds is 26. The van der Waals surface area contributed by atoms with Gasteiger partial charge in [-0.1, -0.05) is 34.1 Å². The Morgan fingerprint density at radius 2 is 1.42 bits per heavy atom. The summed E-state index contributed by atoms with van der Waals surface area (Å²) in [5.41, 5.74) is 22.1. The van der Waals surface area contributed by atoms with Crippen molar-refractivity contribution in [3.63, 3.8) is 0 Å². The number of aliphatic imine (C=N–C) groups is 1. The molecule has 24 heteroatoms. The van der Waals surface area contributed by atoms with Crippen molar-refractivity contribution in [2.75, 3.05) is 25.4 Å². The van der Waals surface area contributed by atoms with Crippen LogP contribution in [0, 0.1) is 11.8 Å². The lowest BCUT2D eigenvalue weighted by molar-refractivity contribution is -0.142. The highest BCUT2D eigenvalue weighted by atomic mass is 32.1. The zero-order chi connectivity index (χ0) is 45.9. The molecule has 9 atom stereocenters. The maximum Gasteiger partial charge on any atom is 0.322 e. The van der Waals surface area contributed by atoms with E-state index in [0.29, 0.717) is 19.3 Å². The molecule has 0 aromatic carbocycles. The van der Waals surface area contributed by atoms with E-state index < -0.39 is 121 Å². The monoisotopic (exact) mass is 872 g/mol. The van der Waals surface area contributed by atoms with Crippen LogP contribution in [0.25, 0.3) is 0 Å². The average molecular weight is 873 g/mol. The van der Waals surface area contributed by atoms with E-state index in [0.717, 1.165) is 0 Å². The van der Waals surface area contributed by atoms with Crippen LogP contribution >= 0.6 is 12.6 Å². The molecule has 0 bridgehead atoms. The Balaban J connectivity index is 3.20. The van der Waals surface area contributed by atoms with Crippen molar-refractivity contribution in [3.05, 3.63) is 0 Å². The predicted octanol–water partition coefficient (Wildman–Crippen LogP) is -4.74. The van der Waals surface area contributed by atoms with Gasteiger partial charge in [-0.2, -0.15) is 12.6 Å². The van der Waals surface area contributed by atoms with Gasteiger partial charge in [-0.05, 0) is 50.9 Å². The second-order valence-electron chi connectivity index (χ2n) is 15.1. The number of guanidine groups is 1. The van der Waals surface area contributed by atoms with Crippen LogP contribution in [-0.2, 0) is 43.2 Å². The maximum absolute atomic E-state index is 13.8. The lowest BCUT2D eigenvalue weighted by Gasteiger charge is -2.31. The molecule has 1 saturated heterocycles. The van der Waals surface area contributed by atoms with Gasteiger partial charge in [0.15, 0.2) is 5.96 Å². The minimum absolute atomic E-state index is 0.0126. The number of aliphatic hydroxyl groups excluding tert-OH is 1. The summed E-state index contributed by atoms with van der Waals surface area (Å²) < 4.78 is 0. The number of aliphatic hydroxyl groups is 1. The van der Waals surface area contributed by atoms with Crippen molar-refractivity contribution in [2.24, 2.45) is 39.8 Å². The molecule has 0 saturated carbocycles. The molecule has 16 N–H and O–H groups in total. The number of hydrogen-bond acceptors (Lipinski definition) is 13. The third kappa shape index (κ3) is 17.9. The topological polar surface area (TPSA) is 386 Å². The third-order valence-electron chi connectivity index (χ3n) is 9.58. The van der Waals surface area contributed by atoms with E-state index in [1.165, 1.54) is 11.8 Å². The number of aliphatic carboxylic acids is 1. The van der Waals surface area contributed by atoms with Gasteiger partial charge in [-0.15, -0.1) is 0 Å². The molecule has 1 aliphatic rings. The summed E-state index contributed by atoms with van der Waals surface area (Å²) in [4.78, 5) is 122. The average Bonchev–Trinajstić information content (AvgIpc) is 3.66. The van der Waals surface area contributed by atoms with E-state index >= 15 is 0 Å². The van der Waals surface area contributed by atoms with Crippen LogP contribution in [0.3, 0.4) is 0 Å². The van der Waals surface area contributed by atoms with Crippen LogP contribution in [0.2, 0.25) is 0 Å². The molecule has 1 aliphatic heterocycles. The first-order chi connectivity index (χ1) is 28.0. The minimum Gasteiger partial charge on any atom is -0.480 e. The van der Waals surface area contributed by atoms with E-state index in [-0.39, 0.29) is 50.0 Å². The highest BCUT2D eigenvalue weighted by molar-refractivity contribution is 7.80. The zero-order valence-electron chi connectivity index (χ0n) is 34.8. The number of thiol groups is 1. The number of nitrogens with one attached hydrogen (secondary N) is 6. The summed E-state index contributed by atoms with van der Waals surface area (Å²) in [6.45, 7) is 7.88. The number of carbonyl (C=O) groups excluding carboxylic acids is 8. The van der Waals surface area contributed by atoms with Crippen molar-refractivity contribution in [2.45, 2.75) is 128 Å². The molecule has 23 nitrogen and oxygen atoms in total. The molecule has 1 rings (SSSR count). The quantitative estimate of drug-likeness (QED) is 0.0168. The van der Waals surface area contributed by atoms with Gasteiger partial charge in [0.25, 0.3) is 0 Å². The molecule has 0 unspecified atom stereocenters. The molecule has 60 heavy (non-hydrogen) atoms. The summed E-state index contributed by atoms with van der Waals surface area (Å²) in [7, 11) is 0. The summed E-state index contributed by atoms with van der Waals surface area (Å²) in [5, 5.41) is 34.0. The number of likely N-dealkylation sites (tertiary alicyclic amines) is 1. The van der Waals surface area contributed by atoms with Crippen molar-refractivity contribution < 1.29 is 53.4 Å². The number of nitrogens with zero attached hydrogens (tertiary/aromatic N) is 2. The number of hydrogen-bond donors (Lipinski definition) is 13. The molecule has 1 heterocycles. The van der Waals surface area contributed by atoms with Gasteiger partial charge in [-0.3, -0.25) is 48.1 Å². The maximum atomic E-state index is 13.8. The lowest BCUT2D eigenvalue weighted by atomic mass is 9.96. The normalized spacial score (nSPS) is 17.6. The molecule has 1 fully saturated rings. The fourth-order valence-electron chi connectivity index (χ4n) is 6.18. The van der Waals surface area contributed by atoms with Crippen LogP contribution < -0.4 is 54.8 Å². The smallest absolute Gasteiger partial charge is 0.322 e. The van der Waals surface area contributed by atoms with Crippen molar-refractivity contribution in [3.8, 4) is 0 Å². The second-order valence-corrected chi connectivity index (χ2v) is 15.5. The van der Waals surface area contributed by atoms with Gasteiger partial charge in [0.05, 0.1) is 18.6 Å². The van der Waals surface area contributed by atoms with E-state index in [1.807, 2.05) is 13.8 Å². The molecule has 0 radical (unpaired) electrons. The standard InChI is InChI=1S/C36H64N12O11S/c1-6-18(4)27(46-29(53)20(37)13-17(2)3)33(57)47-28(19(5)49)34(58)44-22(14-25(38)50)31(55)45-23(16-60)35(59)48-12-8-10-24(48)32(56)43-21(9-7-11-41-36(39)40)30(54)42-15-26(51)52/h17-24,27-28,49,60H,6-16,37H2,1-5H3,(H2,38,50)(H,42,54)(H,43,56)(H,44,58)(H,45,55)(H,46,53)(H,47,57)(H,51,52)(H4,39,40,41)/t18-,19+,20-,21-,22-,23-,24-,27-,28-/m0/s1. The van der Waals surface area contributed by atoms with Crippen molar-refractivity contribution in [1.29, 1.82) is 0 Å². The van der Waals surface area contributed by atoms with E-state index in [1.54, 1.807) is 13.8 Å². The first-order valence-electron chi connectivity index (χ1n) is 19.7. The number of primary amides is 1.